The van der Waals surface area contributed by atoms with Gasteiger partial charge < -0.3 is 9.53 Å². The monoisotopic (exact) mass is 478 g/mol. The molecule has 4 heteroatoms. The van der Waals surface area contributed by atoms with Gasteiger partial charge in [-0.05, 0) is 85.7 Å². The van der Waals surface area contributed by atoms with E-state index in [2.05, 4.69) is 66.8 Å². The van der Waals surface area contributed by atoms with Gasteiger partial charge in [0.1, 0.15) is 0 Å². The Morgan fingerprint density at radius 2 is 1.84 bits per heavy atom. The van der Waals surface area contributed by atoms with E-state index < -0.39 is 8.32 Å². The molecular formula is C28H47ClO2Si. The third-order valence-corrected chi connectivity index (χ3v) is 15.9. The molecule has 0 aromatic rings. The molecule has 182 valence electrons. The van der Waals surface area contributed by atoms with Crippen LogP contribution < -0.4 is 0 Å². The van der Waals surface area contributed by atoms with Crippen LogP contribution in [0.15, 0.2) is 23.3 Å². The Bertz CT molecular complexity index is 796. The largest absolute Gasteiger partial charge is 0.414 e. The van der Waals surface area contributed by atoms with E-state index in [0.717, 1.165) is 24.6 Å². The van der Waals surface area contributed by atoms with E-state index >= 15 is 0 Å². The molecule has 4 aliphatic rings. The second-order valence-corrected chi connectivity index (χ2v) is 18.6. The minimum atomic E-state index is -1.85. The molecule has 0 saturated heterocycles. The molecule has 0 bridgehead atoms. The zero-order valence-electron chi connectivity index (χ0n) is 21.8. The van der Waals surface area contributed by atoms with Crippen molar-refractivity contribution >= 4 is 19.9 Å². The number of fused-ring (bicyclic) bond motifs is 5. The van der Waals surface area contributed by atoms with Crippen LogP contribution in [0.5, 0.6) is 0 Å². The Morgan fingerprint density at radius 1 is 1.16 bits per heavy atom. The molecule has 4 aliphatic carbocycles. The highest BCUT2D eigenvalue weighted by Crippen LogP contribution is 2.66. The van der Waals surface area contributed by atoms with Crippen LogP contribution in [0, 0.1) is 34.5 Å². The first-order valence-electron chi connectivity index (χ1n) is 13.1. The van der Waals surface area contributed by atoms with Gasteiger partial charge in [-0.25, -0.2) is 0 Å². The van der Waals surface area contributed by atoms with E-state index in [0.29, 0.717) is 23.2 Å². The molecule has 0 heterocycles. The summed E-state index contributed by atoms with van der Waals surface area (Å²) in [6.07, 6.45) is 11.5. The number of hydrogen-bond acceptors (Lipinski definition) is 2. The van der Waals surface area contributed by atoms with Crippen molar-refractivity contribution in [2.75, 3.05) is 5.88 Å². The summed E-state index contributed by atoms with van der Waals surface area (Å²) in [5, 5.41) is 11.8. The molecule has 0 aromatic heterocycles. The number of hydrogen-bond donors (Lipinski definition) is 1. The molecule has 0 unspecified atom stereocenters. The van der Waals surface area contributed by atoms with E-state index in [-0.39, 0.29) is 22.7 Å². The summed E-state index contributed by atoms with van der Waals surface area (Å²) in [6, 6.07) is 0. The Morgan fingerprint density at radius 3 is 2.47 bits per heavy atom. The van der Waals surface area contributed by atoms with Gasteiger partial charge in [0.15, 0.2) is 8.32 Å². The molecule has 1 N–H and O–H groups in total. The van der Waals surface area contributed by atoms with Gasteiger partial charge >= 0.3 is 0 Å². The van der Waals surface area contributed by atoms with Gasteiger partial charge in [0.05, 0.1) is 12.2 Å². The molecule has 3 fully saturated rings. The normalized spacial score (nSPS) is 43.0. The number of rotatable bonds is 4. The molecule has 0 aliphatic heterocycles. The lowest BCUT2D eigenvalue weighted by atomic mass is 9.49. The highest BCUT2D eigenvalue weighted by atomic mass is 35.5. The van der Waals surface area contributed by atoms with E-state index in [1.54, 1.807) is 5.57 Å². The summed E-state index contributed by atoms with van der Waals surface area (Å²) in [7, 11) is -1.85. The van der Waals surface area contributed by atoms with E-state index in [1.165, 1.54) is 31.3 Å². The number of allylic oxidation sites excluding steroid dienone is 3. The van der Waals surface area contributed by atoms with Crippen molar-refractivity contribution in [1.82, 2.24) is 0 Å². The third-order valence-electron chi connectivity index (χ3n) is 10.9. The van der Waals surface area contributed by atoms with Gasteiger partial charge in [-0.15, -0.1) is 11.6 Å². The molecule has 4 rings (SSSR count). The maximum atomic E-state index is 11.6. The number of halogens is 1. The Kier molecular flexibility index (Phi) is 6.44. The number of aliphatic hydroxyl groups is 1. The fourth-order valence-electron chi connectivity index (χ4n) is 7.80. The van der Waals surface area contributed by atoms with Crippen LogP contribution in [0.2, 0.25) is 18.1 Å². The standard InChI is InChI=1S/C28H47ClO2Si/c1-18(17-29)22-11-12-23-21-10-9-19-15-20(31-32(7,8)26(2,3)4)16-25(30)28(19,6)24(21)13-14-27(22,23)5/h9-10,18,20,22-25,30H,11-17H2,1-8H3/t18-,20-,22-,23+,24+,25+,27-,28+/m1/s1. The molecule has 0 aromatic carbocycles. The predicted molar refractivity (Wildman–Crippen MR) is 139 cm³/mol. The fraction of sp³-hybridized carbons (Fsp3) is 0.857. The quantitative estimate of drug-likeness (QED) is 0.331. The lowest BCUT2D eigenvalue weighted by molar-refractivity contribution is -0.0513. The second kappa shape index (κ2) is 8.24. The number of aliphatic hydroxyl groups excluding tert-OH is 1. The van der Waals surface area contributed by atoms with Gasteiger partial charge in [0.2, 0.25) is 0 Å². The van der Waals surface area contributed by atoms with Crippen molar-refractivity contribution < 1.29 is 9.53 Å². The number of alkyl halides is 1. The lowest BCUT2D eigenvalue weighted by Gasteiger charge is -2.57. The fourth-order valence-corrected chi connectivity index (χ4v) is 9.38. The summed E-state index contributed by atoms with van der Waals surface area (Å²) >= 11 is 6.32. The van der Waals surface area contributed by atoms with Gasteiger partial charge in [-0.2, -0.15) is 0 Å². The van der Waals surface area contributed by atoms with E-state index in [9.17, 15) is 5.11 Å². The summed E-state index contributed by atoms with van der Waals surface area (Å²) in [6.45, 7) is 18.8. The summed E-state index contributed by atoms with van der Waals surface area (Å²) in [4.78, 5) is 0. The Balaban J connectivity index is 1.61. The first-order valence-corrected chi connectivity index (χ1v) is 16.5. The highest BCUT2D eigenvalue weighted by Gasteiger charge is 2.59. The molecule has 2 nitrogen and oxygen atoms in total. The zero-order valence-corrected chi connectivity index (χ0v) is 23.6. The zero-order chi connectivity index (χ0) is 23.7. The van der Waals surface area contributed by atoms with E-state index in [4.69, 9.17) is 16.0 Å². The maximum Gasteiger partial charge on any atom is 0.192 e. The van der Waals surface area contributed by atoms with Gasteiger partial charge in [-0.1, -0.05) is 64.8 Å². The van der Waals surface area contributed by atoms with Crippen molar-refractivity contribution in [3.63, 3.8) is 0 Å². The summed E-state index contributed by atoms with van der Waals surface area (Å²) in [5.41, 5.74) is 3.30. The van der Waals surface area contributed by atoms with Gasteiger partial charge in [0, 0.05) is 11.3 Å². The van der Waals surface area contributed by atoms with E-state index in [1.807, 2.05) is 0 Å². The van der Waals surface area contributed by atoms with Crippen LogP contribution in [-0.2, 0) is 4.43 Å². The highest BCUT2D eigenvalue weighted by molar-refractivity contribution is 6.74. The lowest BCUT2D eigenvalue weighted by Crippen LogP contribution is -2.54. The van der Waals surface area contributed by atoms with Crippen LogP contribution >= 0.6 is 11.6 Å². The van der Waals surface area contributed by atoms with Crippen molar-refractivity contribution in [2.24, 2.45) is 34.5 Å². The van der Waals surface area contributed by atoms with Gasteiger partial charge in [0.25, 0.3) is 0 Å². The summed E-state index contributed by atoms with van der Waals surface area (Å²) in [5.74, 6) is 3.21. The molecule has 3 saturated carbocycles. The average Bonchev–Trinajstić information content (AvgIpc) is 3.04. The smallest absolute Gasteiger partial charge is 0.192 e. The molecule has 0 radical (unpaired) electrons. The summed E-state index contributed by atoms with van der Waals surface area (Å²) < 4.78 is 6.79. The maximum absolute atomic E-state index is 11.6. The van der Waals surface area contributed by atoms with Crippen LogP contribution in [0.25, 0.3) is 0 Å². The molecule has 8 atom stereocenters. The average molecular weight is 479 g/mol. The third kappa shape index (κ3) is 3.73. The Labute approximate surface area is 203 Å². The molecule has 0 spiro atoms. The SMILES string of the molecule is C[C@H](CCl)[C@H]1CC[C@H]2C3=CC=C4C[C@@H](O[Si](C)(C)C(C)(C)C)C[C@H](O)[C@]4(C)[C@H]3CC[C@]12C. The first-order chi connectivity index (χ1) is 14.8. The van der Waals surface area contributed by atoms with Crippen LogP contribution in [0.4, 0.5) is 0 Å². The second-order valence-electron chi connectivity index (χ2n) is 13.6. The van der Waals surface area contributed by atoms with Crippen LogP contribution in [0.1, 0.15) is 80.1 Å². The van der Waals surface area contributed by atoms with Crippen molar-refractivity contribution in [3.05, 3.63) is 23.3 Å². The molecule has 0 amide bonds. The Hall–Kier alpha value is -0.0931. The van der Waals surface area contributed by atoms with Crippen molar-refractivity contribution in [3.8, 4) is 0 Å². The predicted octanol–water partition coefficient (Wildman–Crippen LogP) is 7.72. The minimum Gasteiger partial charge on any atom is -0.414 e. The first kappa shape index (κ1) is 25.0. The molecular weight excluding hydrogens is 432 g/mol. The minimum absolute atomic E-state index is 0.130. The molecule has 32 heavy (non-hydrogen) atoms. The van der Waals surface area contributed by atoms with Crippen LogP contribution in [0.3, 0.4) is 0 Å². The topological polar surface area (TPSA) is 29.5 Å². The van der Waals surface area contributed by atoms with Crippen LogP contribution in [-0.4, -0.2) is 31.5 Å². The van der Waals surface area contributed by atoms with Crippen molar-refractivity contribution in [1.29, 1.82) is 0 Å². The van der Waals surface area contributed by atoms with Crippen molar-refractivity contribution in [2.45, 2.75) is 110 Å². The van der Waals surface area contributed by atoms with Gasteiger partial charge in [-0.3, -0.25) is 0 Å².